The van der Waals surface area contributed by atoms with E-state index >= 15 is 0 Å². The number of hydrogen-bond acceptors (Lipinski definition) is 5. The van der Waals surface area contributed by atoms with Crippen LogP contribution in [0.3, 0.4) is 0 Å². The van der Waals surface area contributed by atoms with E-state index in [1.807, 2.05) is 10.7 Å². The van der Waals surface area contributed by atoms with Crippen LogP contribution in [-0.2, 0) is 21.8 Å². The summed E-state index contributed by atoms with van der Waals surface area (Å²) in [5.74, 6) is 1.35. The summed E-state index contributed by atoms with van der Waals surface area (Å²) in [6, 6.07) is 7.51. The lowest BCUT2D eigenvalue weighted by molar-refractivity contribution is 0.181. The highest BCUT2D eigenvalue weighted by Crippen LogP contribution is 2.38. The molecule has 1 aliphatic carbocycles. The molecule has 6 nitrogen and oxygen atoms in total. The molecule has 7 heteroatoms. The Morgan fingerprint density at radius 2 is 2.04 bits per heavy atom. The maximum atomic E-state index is 12.4. The zero-order chi connectivity index (χ0) is 20.1. The number of fused-ring (bicyclic) bond motifs is 1. The maximum absolute atomic E-state index is 12.4. The molecule has 2 atom stereocenters. The van der Waals surface area contributed by atoms with Crippen molar-refractivity contribution in [3.8, 4) is 0 Å². The Balaban J connectivity index is 1.73. The van der Waals surface area contributed by atoms with Crippen molar-refractivity contribution in [3.05, 3.63) is 35.5 Å². The van der Waals surface area contributed by atoms with Crippen molar-refractivity contribution >= 4 is 21.3 Å². The van der Waals surface area contributed by atoms with E-state index in [9.17, 15) is 13.5 Å². The van der Waals surface area contributed by atoms with Gasteiger partial charge in [0.1, 0.15) is 5.82 Å². The maximum Gasteiger partial charge on any atom is 0.178 e. The van der Waals surface area contributed by atoms with Gasteiger partial charge in [-0.3, -0.25) is 0 Å². The molecule has 2 aromatic rings. The van der Waals surface area contributed by atoms with E-state index in [4.69, 9.17) is 5.10 Å². The van der Waals surface area contributed by atoms with Crippen LogP contribution in [-0.4, -0.2) is 35.2 Å². The van der Waals surface area contributed by atoms with E-state index in [-0.39, 0.29) is 23.3 Å². The number of sulfone groups is 1. The summed E-state index contributed by atoms with van der Waals surface area (Å²) >= 11 is 0. The molecule has 0 unspecified atom stereocenters. The van der Waals surface area contributed by atoms with Gasteiger partial charge in [0.15, 0.2) is 9.84 Å². The molecule has 1 saturated carbocycles. The molecule has 4 rings (SSSR count). The molecule has 0 bridgehead atoms. The molecule has 1 aromatic heterocycles. The van der Waals surface area contributed by atoms with Crippen LogP contribution in [0.4, 0.5) is 11.5 Å². The predicted octanol–water partition coefficient (Wildman–Crippen LogP) is 3.73. The number of hydrogen-bond donors (Lipinski definition) is 2. The van der Waals surface area contributed by atoms with E-state index in [2.05, 4.69) is 32.2 Å². The molecule has 2 aliphatic rings. The van der Waals surface area contributed by atoms with Gasteiger partial charge in [0.05, 0.1) is 28.0 Å². The largest absolute Gasteiger partial charge is 0.393 e. The first kappa shape index (κ1) is 19.5. The summed E-state index contributed by atoms with van der Waals surface area (Å²) in [6.45, 7) is 6.30. The van der Waals surface area contributed by atoms with Gasteiger partial charge in [-0.1, -0.05) is 6.07 Å². The highest BCUT2D eigenvalue weighted by molar-refractivity contribution is 7.91. The Labute approximate surface area is 166 Å². The van der Waals surface area contributed by atoms with Crippen LogP contribution in [0, 0.1) is 0 Å². The quantitative estimate of drug-likeness (QED) is 0.816. The Morgan fingerprint density at radius 1 is 1.25 bits per heavy atom. The SMILES string of the molecule is CC(C)(C)n1nc([C@H]2CC[C@@H](O)C2)cc1Nc1cccc2c1CCCS2(=O)=O. The van der Waals surface area contributed by atoms with Gasteiger partial charge in [0, 0.05) is 17.7 Å². The van der Waals surface area contributed by atoms with E-state index in [0.29, 0.717) is 11.3 Å². The van der Waals surface area contributed by atoms with Gasteiger partial charge in [-0.2, -0.15) is 5.10 Å². The van der Waals surface area contributed by atoms with Crippen LogP contribution in [0.15, 0.2) is 29.2 Å². The van der Waals surface area contributed by atoms with Crippen molar-refractivity contribution in [2.75, 3.05) is 11.1 Å². The molecule has 2 heterocycles. The van der Waals surface area contributed by atoms with Gasteiger partial charge < -0.3 is 10.4 Å². The number of nitrogens with one attached hydrogen (secondary N) is 1. The molecule has 152 valence electrons. The van der Waals surface area contributed by atoms with Crippen LogP contribution in [0.5, 0.6) is 0 Å². The zero-order valence-corrected chi connectivity index (χ0v) is 17.6. The molecule has 1 fully saturated rings. The summed E-state index contributed by atoms with van der Waals surface area (Å²) in [4.78, 5) is 0.449. The number of rotatable bonds is 3. The second kappa shape index (κ2) is 6.88. The molecule has 0 saturated heterocycles. The van der Waals surface area contributed by atoms with Crippen molar-refractivity contribution in [2.45, 2.75) is 75.3 Å². The van der Waals surface area contributed by atoms with Crippen LogP contribution in [0.2, 0.25) is 0 Å². The minimum Gasteiger partial charge on any atom is -0.393 e. The first-order chi connectivity index (χ1) is 13.1. The third-order valence-electron chi connectivity index (χ3n) is 5.76. The number of anilines is 2. The van der Waals surface area contributed by atoms with Gasteiger partial charge >= 0.3 is 0 Å². The molecular formula is C21H29N3O3S. The van der Waals surface area contributed by atoms with E-state index < -0.39 is 9.84 Å². The molecule has 1 aliphatic heterocycles. The van der Waals surface area contributed by atoms with E-state index in [0.717, 1.165) is 48.4 Å². The van der Waals surface area contributed by atoms with E-state index in [1.165, 1.54) is 0 Å². The minimum atomic E-state index is -3.20. The zero-order valence-electron chi connectivity index (χ0n) is 16.8. The lowest BCUT2D eigenvalue weighted by atomic mass is 10.0. The second-order valence-electron chi connectivity index (χ2n) is 9.03. The van der Waals surface area contributed by atoms with Crippen molar-refractivity contribution in [1.29, 1.82) is 0 Å². The Hall–Kier alpha value is -1.86. The van der Waals surface area contributed by atoms with Crippen LogP contribution in [0.1, 0.15) is 63.6 Å². The molecule has 1 aromatic carbocycles. The second-order valence-corrected chi connectivity index (χ2v) is 11.1. The summed E-state index contributed by atoms with van der Waals surface area (Å²) < 4.78 is 26.9. The fraction of sp³-hybridized carbons (Fsp3) is 0.571. The lowest BCUT2D eigenvalue weighted by Gasteiger charge is -2.25. The number of nitrogens with zero attached hydrogens (tertiary/aromatic N) is 2. The average molecular weight is 404 g/mol. The molecule has 2 N–H and O–H groups in total. The van der Waals surface area contributed by atoms with Crippen LogP contribution in [0.25, 0.3) is 0 Å². The summed E-state index contributed by atoms with van der Waals surface area (Å²) in [7, 11) is -3.20. The van der Waals surface area contributed by atoms with Gasteiger partial charge in [0.2, 0.25) is 0 Å². The Bertz CT molecular complexity index is 989. The average Bonchev–Trinajstić information content (AvgIpc) is 3.21. The fourth-order valence-electron chi connectivity index (χ4n) is 4.34. The van der Waals surface area contributed by atoms with Crippen molar-refractivity contribution in [3.63, 3.8) is 0 Å². The van der Waals surface area contributed by atoms with Crippen molar-refractivity contribution in [1.82, 2.24) is 9.78 Å². The highest BCUT2D eigenvalue weighted by Gasteiger charge is 2.30. The van der Waals surface area contributed by atoms with Gasteiger partial charge in [0.25, 0.3) is 0 Å². The minimum absolute atomic E-state index is 0.220. The third-order valence-corrected chi connectivity index (χ3v) is 7.64. The lowest BCUT2D eigenvalue weighted by Crippen LogP contribution is -2.25. The van der Waals surface area contributed by atoms with Gasteiger partial charge in [-0.15, -0.1) is 0 Å². The number of aliphatic hydroxyl groups excluding tert-OH is 1. The summed E-state index contributed by atoms with van der Waals surface area (Å²) in [5, 5.41) is 18.2. The van der Waals surface area contributed by atoms with Gasteiger partial charge in [-0.25, -0.2) is 13.1 Å². The third kappa shape index (κ3) is 3.57. The summed E-state index contributed by atoms with van der Waals surface area (Å²) in [6.07, 6.45) is 3.67. The molecule has 28 heavy (non-hydrogen) atoms. The standard InChI is InChI=1S/C21H29N3O3S/c1-21(2,3)24-20(13-18(23-24)14-9-10-15(25)12-14)22-17-7-4-8-19-16(17)6-5-11-28(19,26)27/h4,7-8,13-15,22,25H,5-6,9-12H2,1-3H3/t14-,15+/m0/s1. The smallest absolute Gasteiger partial charge is 0.178 e. The monoisotopic (exact) mass is 403 g/mol. The van der Waals surface area contributed by atoms with Crippen molar-refractivity contribution < 1.29 is 13.5 Å². The topological polar surface area (TPSA) is 84.2 Å². The fourth-order valence-corrected chi connectivity index (χ4v) is 5.96. The number of benzene rings is 1. The Kier molecular flexibility index (Phi) is 4.78. The van der Waals surface area contributed by atoms with Crippen LogP contribution >= 0.6 is 0 Å². The van der Waals surface area contributed by atoms with E-state index in [1.54, 1.807) is 12.1 Å². The van der Waals surface area contributed by atoms with Crippen LogP contribution < -0.4 is 5.32 Å². The van der Waals surface area contributed by atoms with Gasteiger partial charge in [-0.05, 0) is 70.6 Å². The predicted molar refractivity (Wildman–Crippen MR) is 110 cm³/mol. The highest BCUT2D eigenvalue weighted by atomic mass is 32.2. The molecule has 0 spiro atoms. The first-order valence-electron chi connectivity index (χ1n) is 10.1. The number of aromatic nitrogens is 2. The Morgan fingerprint density at radius 3 is 2.71 bits per heavy atom. The molecular weight excluding hydrogens is 374 g/mol. The molecule has 0 radical (unpaired) electrons. The normalized spacial score (nSPS) is 24.1. The molecule has 0 amide bonds. The first-order valence-corrected chi connectivity index (χ1v) is 11.7. The van der Waals surface area contributed by atoms with Crippen molar-refractivity contribution in [2.24, 2.45) is 0 Å². The summed E-state index contributed by atoms with van der Waals surface area (Å²) in [5.41, 5.74) is 2.47. The number of aliphatic hydroxyl groups is 1.